The van der Waals surface area contributed by atoms with Gasteiger partial charge in [-0.1, -0.05) is 30.3 Å². The molecule has 1 heterocycles. The van der Waals surface area contributed by atoms with Crippen LogP contribution < -0.4 is 0 Å². The third-order valence-corrected chi connectivity index (χ3v) is 5.59. The molecule has 20 heavy (non-hydrogen) atoms. The minimum Gasteiger partial charge on any atom is -0.212 e. The van der Waals surface area contributed by atoms with Gasteiger partial charge in [-0.25, -0.2) is 8.42 Å². The molecule has 1 aliphatic heterocycles. The number of hydrogen-bond acceptors (Lipinski definition) is 3. The maximum atomic E-state index is 12.5. The fourth-order valence-corrected chi connectivity index (χ4v) is 4.60. The molecule has 108 valence electrons. The van der Waals surface area contributed by atoms with Gasteiger partial charge >= 0.3 is 0 Å². The Morgan fingerprint density at radius 1 is 1.30 bits per heavy atom. The zero-order valence-electron chi connectivity index (χ0n) is 11.5. The number of nitrogens with zero attached hydrogens (tertiary/aromatic N) is 2. The van der Waals surface area contributed by atoms with Gasteiger partial charge in [0, 0.05) is 19.0 Å². The SMILES string of the molecule is N#CCCCC1CCCN1S(=O)(=O)Cc1ccccc1. The summed E-state index contributed by atoms with van der Waals surface area (Å²) in [7, 11) is -3.25. The van der Waals surface area contributed by atoms with E-state index in [2.05, 4.69) is 6.07 Å². The van der Waals surface area contributed by atoms with Crippen LogP contribution in [-0.4, -0.2) is 25.3 Å². The summed E-state index contributed by atoms with van der Waals surface area (Å²) in [4.78, 5) is 0. The lowest BCUT2D eigenvalue weighted by Crippen LogP contribution is -2.36. The lowest BCUT2D eigenvalue weighted by atomic mass is 10.1. The molecule has 1 aromatic carbocycles. The highest BCUT2D eigenvalue weighted by atomic mass is 32.2. The van der Waals surface area contributed by atoms with Crippen LogP contribution in [0, 0.1) is 11.3 Å². The summed E-state index contributed by atoms with van der Waals surface area (Å²) in [5, 5.41) is 8.58. The van der Waals surface area contributed by atoms with Crippen LogP contribution in [0.15, 0.2) is 30.3 Å². The Balaban J connectivity index is 2.02. The highest BCUT2D eigenvalue weighted by Gasteiger charge is 2.33. The molecular weight excluding hydrogens is 272 g/mol. The van der Waals surface area contributed by atoms with Gasteiger partial charge < -0.3 is 0 Å². The van der Waals surface area contributed by atoms with Crippen molar-refractivity contribution < 1.29 is 8.42 Å². The molecule has 0 saturated carbocycles. The number of rotatable bonds is 6. The van der Waals surface area contributed by atoms with E-state index >= 15 is 0 Å². The summed E-state index contributed by atoms with van der Waals surface area (Å²) < 4.78 is 26.7. The summed E-state index contributed by atoms with van der Waals surface area (Å²) in [5.41, 5.74) is 0.829. The first-order chi connectivity index (χ1) is 9.63. The van der Waals surface area contributed by atoms with Gasteiger partial charge in [0.2, 0.25) is 10.0 Å². The summed E-state index contributed by atoms with van der Waals surface area (Å²) in [6, 6.07) is 11.5. The van der Waals surface area contributed by atoms with Crippen molar-refractivity contribution in [2.24, 2.45) is 0 Å². The number of benzene rings is 1. The monoisotopic (exact) mass is 292 g/mol. The number of sulfonamides is 1. The molecule has 4 nitrogen and oxygen atoms in total. The van der Waals surface area contributed by atoms with Gasteiger partial charge in [0.25, 0.3) is 0 Å². The average molecular weight is 292 g/mol. The second-order valence-corrected chi connectivity index (χ2v) is 7.12. The lowest BCUT2D eigenvalue weighted by molar-refractivity contribution is 0.365. The second kappa shape index (κ2) is 6.87. The Labute approximate surface area is 121 Å². The molecule has 1 aliphatic rings. The second-order valence-electron chi connectivity index (χ2n) is 5.20. The van der Waals surface area contributed by atoms with Crippen molar-refractivity contribution in [2.45, 2.75) is 43.9 Å². The number of hydrogen-bond donors (Lipinski definition) is 0. The third-order valence-electron chi connectivity index (χ3n) is 3.70. The molecule has 0 N–H and O–H groups in total. The van der Waals surface area contributed by atoms with E-state index in [1.165, 1.54) is 0 Å². The van der Waals surface area contributed by atoms with Crippen LogP contribution in [0.4, 0.5) is 0 Å². The lowest BCUT2D eigenvalue weighted by Gasteiger charge is -2.23. The van der Waals surface area contributed by atoms with Crippen molar-refractivity contribution in [3.63, 3.8) is 0 Å². The van der Waals surface area contributed by atoms with Crippen molar-refractivity contribution in [1.29, 1.82) is 5.26 Å². The van der Waals surface area contributed by atoms with Gasteiger partial charge in [-0.05, 0) is 31.2 Å². The Morgan fingerprint density at radius 3 is 2.75 bits per heavy atom. The summed E-state index contributed by atoms with van der Waals surface area (Å²) in [6.45, 7) is 0.617. The van der Waals surface area contributed by atoms with Crippen molar-refractivity contribution in [1.82, 2.24) is 4.31 Å². The smallest absolute Gasteiger partial charge is 0.212 e. The van der Waals surface area contributed by atoms with E-state index in [1.54, 1.807) is 4.31 Å². The van der Waals surface area contributed by atoms with E-state index in [0.29, 0.717) is 13.0 Å². The Kier molecular flexibility index (Phi) is 5.16. The predicted molar refractivity (Wildman–Crippen MR) is 78.3 cm³/mol. The molecule has 0 spiro atoms. The zero-order chi connectivity index (χ0) is 14.4. The van der Waals surface area contributed by atoms with Gasteiger partial charge in [0.05, 0.1) is 11.8 Å². The Morgan fingerprint density at radius 2 is 2.05 bits per heavy atom. The first-order valence-electron chi connectivity index (χ1n) is 7.04. The first kappa shape index (κ1) is 15.0. The van der Waals surface area contributed by atoms with E-state index < -0.39 is 10.0 Å². The summed E-state index contributed by atoms with van der Waals surface area (Å²) >= 11 is 0. The molecule has 0 bridgehead atoms. The van der Waals surface area contributed by atoms with Gasteiger partial charge in [-0.2, -0.15) is 9.57 Å². The molecule has 1 unspecified atom stereocenters. The van der Waals surface area contributed by atoms with Gasteiger partial charge in [0.1, 0.15) is 0 Å². The van der Waals surface area contributed by atoms with Gasteiger partial charge in [0.15, 0.2) is 0 Å². The van der Waals surface area contributed by atoms with E-state index in [-0.39, 0.29) is 11.8 Å². The van der Waals surface area contributed by atoms with E-state index in [1.807, 2.05) is 30.3 Å². The van der Waals surface area contributed by atoms with E-state index in [0.717, 1.165) is 31.2 Å². The third kappa shape index (κ3) is 3.81. The Hall–Kier alpha value is -1.38. The van der Waals surface area contributed by atoms with Crippen LogP contribution in [0.1, 0.15) is 37.7 Å². The fourth-order valence-electron chi connectivity index (χ4n) is 2.75. The van der Waals surface area contributed by atoms with Gasteiger partial charge in [-0.15, -0.1) is 0 Å². The quantitative estimate of drug-likeness (QED) is 0.757. The molecule has 0 radical (unpaired) electrons. The number of nitriles is 1. The van der Waals surface area contributed by atoms with Crippen LogP contribution in [0.5, 0.6) is 0 Å². The predicted octanol–water partition coefficient (Wildman–Crippen LogP) is 2.67. The fraction of sp³-hybridized carbons (Fsp3) is 0.533. The van der Waals surface area contributed by atoms with E-state index in [9.17, 15) is 8.42 Å². The molecule has 0 amide bonds. The molecule has 0 aliphatic carbocycles. The normalized spacial score (nSPS) is 19.9. The maximum absolute atomic E-state index is 12.5. The van der Waals surface area contributed by atoms with Crippen molar-refractivity contribution >= 4 is 10.0 Å². The standard InChI is InChI=1S/C15H20N2O2S/c16-11-5-4-9-15-10-6-12-17(15)20(18,19)13-14-7-2-1-3-8-14/h1-3,7-8,15H,4-6,9-10,12-13H2. The van der Waals surface area contributed by atoms with Crippen LogP contribution in [0.2, 0.25) is 0 Å². The molecule has 1 atom stereocenters. The van der Waals surface area contributed by atoms with Crippen LogP contribution in [-0.2, 0) is 15.8 Å². The number of unbranched alkanes of at least 4 members (excludes halogenated alkanes) is 1. The topological polar surface area (TPSA) is 61.2 Å². The van der Waals surface area contributed by atoms with Gasteiger partial charge in [-0.3, -0.25) is 0 Å². The molecule has 2 rings (SSSR count). The summed E-state index contributed by atoms with van der Waals surface area (Å²) in [6.07, 6.45) is 3.91. The van der Waals surface area contributed by atoms with Crippen LogP contribution in [0.3, 0.4) is 0 Å². The molecule has 1 fully saturated rings. The molecule has 1 saturated heterocycles. The summed E-state index contributed by atoms with van der Waals surface area (Å²) in [5.74, 6) is 0.0720. The van der Waals surface area contributed by atoms with Crippen LogP contribution in [0.25, 0.3) is 0 Å². The molecule has 5 heteroatoms. The largest absolute Gasteiger partial charge is 0.218 e. The minimum absolute atomic E-state index is 0.0720. The van der Waals surface area contributed by atoms with Crippen molar-refractivity contribution in [3.05, 3.63) is 35.9 Å². The minimum atomic E-state index is -3.25. The highest BCUT2D eigenvalue weighted by molar-refractivity contribution is 7.88. The first-order valence-corrected chi connectivity index (χ1v) is 8.65. The van der Waals surface area contributed by atoms with Crippen molar-refractivity contribution in [2.75, 3.05) is 6.54 Å². The molecule has 0 aromatic heterocycles. The average Bonchev–Trinajstić information content (AvgIpc) is 2.89. The van der Waals surface area contributed by atoms with E-state index in [4.69, 9.17) is 5.26 Å². The highest BCUT2D eigenvalue weighted by Crippen LogP contribution is 2.26. The van der Waals surface area contributed by atoms with Crippen molar-refractivity contribution in [3.8, 4) is 6.07 Å². The maximum Gasteiger partial charge on any atom is 0.218 e. The Bertz CT molecular complexity index is 563. The molecule has 1 aromatic rings. The zero-order valence-corrected chi connectivity index (χ0v) is 12.3. The molecular formula is C15H20N2O2S. The van der Waals surface area contributed by atoms with Crippen LogP contribution >= 0.6 is 0 Å².